The minimum absolute atomic E-state index is 0. The SMILES string of the molecule is Cl.Cn1nncc1S(=O)(=O)NCC1(C)CCCNC1. The van der Waals surface area contributed by atoms with Gasteiger partial charge in [0.2, 0.25) is 0 Å². The zero-order chi connectivity index (χ0) is 13.2. The second-order valence-corrected chi connectivity index (χ2v) is 6.83. The number of rotatable bonds is 4. The van der Waals surface area contributed by atoms with Crippen molar-refractivity contribution < 1.29 is 8.42 Å². The molecule has 0 radical (unpaired) electrons. The number of halogens is 1. The Labute approximate surface area is 119 Å². The fraction of sp³-hybridized carbons (Fsp3) is 0.800. The Hall–Kier alpha value is -0.700. The molecule has 9 heteroatoms. The van der Waals surface area contributed by atoms with Crippen LogP contribution in [0.3, 0.4) is 0 Å². The van der Waals surface area contributed by atoms with Gasteiger partial charge in [0, 0.05) is 20.1 Å². The number of nitrogens with zero attached hydrogens (tertiary/aromatic N) is 3. The molecule has 110 valence electrons. The molecule has 1 fully saturated rings. The molecule has 1 saturated heterocycles. The smallest absolute Gasteiger partial charge is 0.259 e. The van der Waals surface area contributed by atoms with Gasteiger partial charge >= 0.3 is 0 Å². The quantitative estimate of drug-likeness (QED) is 0.811. The molecule has 0 aromatic carbocycles. The van der Waals surface area contributed by atoms with Gasteiger partial charge in [-0.2, -0.15) is 0 Å². The second kappa shape index (κ2) is 6.17. The molecule has 2 N–H and O–H groups in total. The number of hydrogen-bond acceptors (Lipinski definition) is 5. The van der Waals surface area contributed by atoms with Crippen LogP contribution in [0.25, 0.3) is 0 Å². The van der Waals surface area contributed by atoms with Crippen LogP contribution < -0.4 is 10.0 Å². The van der Waals surface area contributed by atoms with E-state index in [4.69, 9.17) is 0 Å². The predicted octanol–water partition coefficient (Wildman–Crippen LogP) is -0.0951. The summed E-state index contributed by atoms with van der Waals surface area (Å²) in [6.45, 7) is 4.35. The lowest BCUT2D eigenvalue weighted by molar-refractivity contribution is 0.238. The number of sulfonamides is 1. The molecule has 2 heterocycles. The monoisotopic (exact) mass is 309 g/mol. The third-order valence-corrected chi connectivity index (χ3v) is 4.77. The molecule has 1 aromatic rings. The van der Waals surface area contributed by atoms with Crippen LogP contribution in [0.15, 0.2) is 11.2 Å². The van der Waals surface area contributed by atoms with E-state index in [-0.39, 0.29) is 22.8 Å². The Morgan fingerprint density at radius 1 is 1.58 bits per heavy atom. The Balaban J connectivity index is 0.00000180. The molecule has 0 aliphatic carbocycles. The molecule has 1 aliphatic rings. The molecule has 0 amide bonds. The highest BCUT2D eigenvalue weighted by Crippen LogP contribution is 2.24. The summed E-state index contributed by atoms with van der Waals surface area (Å²) in [4.78, 5) is 0. The van der Waals surface area contributed by atoms with Crippen molar-refractivity contribution in [3.8, 4) is 0 Å². The van der Waals surface area contributed by atoms with Gasteiger partial charge in [0.15, 0.2) is 5.03 Å². The minimum atomic E-state index is -3.52. The normalized spacial score (nSPS) is 23.9. The van der Waals surface area contributed by atoms with E-state index in [9.17, 15) is 8.42 Å². The second-order valence-electron chi connectivity index (χ2n) is 5.11. The molecule has 1 unspecified atom stereocenters. The number of aryl methyl sites for hydroxylation is 1. The van der Waals surface area contributed by atoms with Crippen molar-refractivity contribution in [1.29, 1.82) is 0 Å². The Morgan fingerprint density at radius 3 is 2.84 bits per heavy atom. The van der Waals surface area contributed by atoms with Gasteiger partial charge < -0.3 is 5.32 Å². The van der Waals surface area contributed by atoms with Crippen molar-refractivity contribution in [2.24, 2.45) is 12.5 Å². The van der Waals surface area contributed by atoms with E-state index in [1.54, 1.807) is 7.05 Å². The van der Waals surface area contributed by atoms with Crippen molar-refractivity contribution in [2.45, 2.75) is 24.8 Å². The van der Waals surface area contributed by atoms with Gasteiger partial charge in [0.05, 0.1) is 6.20 Å². The fourth-order valence-corrected chi connectivity index (χ4v) is 3.39. The van der Waals surface area contributed by atoms with Gasteiger partial charge in [0.25, 0.3) is 10.0 Å². The van der Waals surface area contributed by atoms with E-state index >= 15 is 0 Å². The fourth-order valence-electron chi connectivity index (χ4n) is 2.14. The van der Waals surface area contributed by atoms with Crippen LogP contribution in [0, 0.1) is 5.41 Å². The van der Waals surface area contributed by atoms with Crippen LogP contribution in [0.5, 0.6) is 0 Å². The topological polar surface area (TPSA) is 88.9 Å². The Morgan fingerprint density at radius 2 is 2.32 bits per heavy atom. The van der Waals surface area contributed by atoms with Gasteiger partial charge in [-0.05, 0) is 24.8 Å². The number of hydrogen-bond donors (Lipinski definition) is 2. The van der Waals surface area contributed by atoms with Crippen LogP contribution in [-0.2, 0) is 17.1 Å². The molecule has 19 heavy (non-hydrogen) atoms. The molecule has 1 aromatic heterocycles. The maximum atomic E-state index is 12.1. The lowest BCUT2D eigenvalue weighted by Crippen LogP contribution is -2.45. The van der Waals surface area contributed by atoms with Crippen molar-refractivity contribution >= 4 is 22.4 Å². The van der Waals surface area contributed by atoms with Gasteiger partial charge in [-0.3, -0.25) is 0 Å². The van der Waals surface area contributed by atoms with E-state index in [0.717, 1.165) is 25.9 Å². The molecule has 1 atom stereocenters. The van der Waals surface area contributed by atoms with Crippen molar-refractivity contribution in [3.05, 3.63) is 6.20 Å². The average Bonchev–Trinajstić information content (AvgIpc) is 2.75. The average molecular weight is 310 g/mol. The van der Waals surface area contributed by atoms with Gasteiger partial charge in [-0.15, -0.1) is 17.5 Å². The van der Waals surface area contributed by atoms with Crippen LogP contribution in [0.4, 0.5) is 0 Å². The summed E-state index contributed by atoms with van der Waals surface area (Å²) < 4.78 is 28.0. The minimum Gasteiger partial charge on any atom is -0.316 e. The maximum absolute atomic E-state index is 12.1. The largest absolute Gasteiger partial charge is 0.316 e. The molecular weight excluding hydrogens is 290 g/mol. The van der Waals surface area contributed by atoms with Crippen LogP contribution >= 0.6 is 12.4 Å². The van der Waals surface area contributed by atoms with Gasteiger partial charge in [-0.25, -0.2) is 17.8 Å². The summed E-state index contributed by atoms with van der Waals surface area (Å²) >= 11 is 0. The number of aromatic nitrogens is 3. The molecule has 0 spiro atoms. The summed E-state index contributed by atoms with van der Waals surface area (Å²) in [6, 6.07) is 0. The highest BCUT2D eigenvalue weighted by atomic mass is 35.5. The Bertz CT molecular complexity index is 510. The zero-order valence-electron chi connectivity index (χ0n) is 11.1. The Kier molecular flexibility index (Phi) is 5.31. The van der Waals surface area contributed by atoms with Crippen molar-refractivity contribution in [2.75, 3.05) is 19.6 Å². The number of nitrogens with one attached hydrogen (secondary N) is 2. The summed E-state index contributed by atoms with van der Waals surface area (Å²) in [7, 11) is -1.96. The van der Waals surface area contributed by atoms with E-state index < -0.39 is 10.0 Å². The summed E-state index contributed by atoms with van der Waals surface area (Å²) in [5, 5.41) is 10.6. The predicted molar refractivity (Wildman–Crippen MR) is 73.7 cm³/mol. The number of piperidine rings is 1. The highest BCUT2D eigenvalue weighted by Gasteiger charge is 2.29. The summed E-state index contributed by atoms with van der Waals surface area (Å²) in [5.41, 5.74) is -0.0304. The third-order valence-electron chi connectivity index (χ3n) is 3.32. The third kappa shape index (κ3) is 3.88. The van der Waals surface area contributed by atoms with E-state index in [1.807, 2.05) is 0 Å². The molecular formula is C10H20ClN5O2S. The van der Waals surface area contributed by atoms with Crippen LogP contribution in [0.2, 0.25) is 0 Å². The van der Waals surface area contributed by atoms with Gasteiger partial charge in [0.1, 0.15) is 0 Å². The summed E-state index contributed by atoms with van der Waals surface area (Å²) in [5.74, 6) is 0. The standard InChI is InChI=1S/C10H19N5O2S.ClH/c1-10(4-3-5-11-7-10)8-13-18(16,17)9-6-12-14-15(9)2;/h6,11,13H,3-5,7-8H2,1-2H3;1H. The van der Waals surface area contributed by atoms with E-state index in [0.29, 0.717) is 6.54 Å². The van der Waals surface area contributed by atoms with E-state index in [2.05, 4.69) is 27.3 Å². The zero-order valence-corrected chi connectivity index (χ0v) is 12.7. The molecule has 7 nitrogen and oxygen atoms in total. The van der Waals surface area contributed by atoms with Crippen molar-refractivity contribution in [1.82, 2.24) is 25.0 Å². The summed E-state index contributed by atoms with van der Waals surface area (Å²) in [6.07, 6.45) is 3.35. The molecule has 0 saturated carbocycles. The molecule has 2 rings (SSSR count). The van der Waals surface area contributed by atoms with Crippen molar-refractivity contribution in [3.63, 3.8) is 0 Å². The molecule has 1 aliphatic heterocycles. The lowest BCUT2D eigenvalue weighted by atomic mass is 9.83. The van der Waals surface area contributed by atoms with Gasteiger partial charge in [-0.1, -0.05) is 12.1 Å². The first kappa shape index (κ1) is 16.4. The highest BCUT2D eigenvalue weighted by molar-refractivity contribution is 7.89. The lowest BCUT2D eigenvalue weighted by Gasteiger charge is -2.34. The maximum Gasteiger partial charge on any atom is 0.259 e. The van der Waals surface area contributed by atoms with E-state index in [1.165, 1.54) is 10.9 Å². The van der Waals surface area contributed by atoms with Crippen LogP contribution in [0.1, 0.15) is 19.8 Å². The molecule has 0 bridgehead atoms. The van der Waals surface area contributed by atoms with Crippen LogP contribution in [-0.4, -0.2) is 43.0 Å². The first-order chi connectivity index (χ1) is 8.43. The first-order valence-corrected chi connectivity index (χ1v) is 7.46. The first-order valence-electron chi connectivity index (χ1n) is 5.98.